The monoisotopic (exact) mass is 480 g/mol. The van der Waals surface area contributed by atoms with E-state index in [0.717, 1.165) is 67.5 Å². The maximum absolute atomic E-state index is 6.11. The van der Waals surface area contributed by atoms with Crippen molar-refractivity contribution in [3.8, 4) is 17.2 Å². The second kappa shape index (κ2) is 11.0. The second-order valence-electron chi connectivity index (χ2n) is 8.00. The highest BCUT2D eigenvalue weighted by atomic mass is 35.5. The molecule has 0 spiro atoms. The fourth-order valence-electron chi connectivity index (χ4n) is 4.26. The molecule has 32 heavy (non-hydrogen) atoms. The van der Waals surface area contributed by atoms with Crippen LogP contribution in [0.4, 0.5) is 5.95 Å². The van der Waals surface area contributed by atoms with Crippen molar-refractivity contribution in [2.75, 3.05) is 44.8 Å². The summed E-state index contributed by atoms with van der Waals surface area (Å²) in [5.41, 5.74) is 2.13. The number of ether oxygens (including phenoxy) is 3. The van der Waals surface area contributed by atoms with Gasteiger partial charge in [0.05, 0.1) is 18.1 Å². The zero-order valence-electron chi connectivity index (χ0n) is 18.1. The Morgan fingerprint density at radius 2 is 1.91 bits per heavy atom. The minimum Gasteiger partial charge on any atom is -0.493 e. The molecule has 2 aromatic carbocycles. The summed E-state index contributed by atoms with van der Waals surface area (Å²) in [6.45, 7) is 4.37. The van der Waals surface area contributed by atoms with Gasteiger partial charge in [-0.05, 0) is 49.6 Å². The summed E-state index contributed by atoms with van der Waals surface area (Å²) in [6, 6.07) is 13.9. The predicted octanol–water partition coefficient (Wildman–Crippen LogP) is 4.06. The van der Waals surface area contributed by atoms with Gasteiger partial charge in [-0.2, -0.15) is 0 Å². The van der Waals surface area contributed by atoms with Crippen molar-refractivity contribution in [2.24, 2.45) is 5.92 Å². The molecule has 1 aromatic heterocycles. The summed E-state index contributed by atoms with van der Waals surface area (Å²) >= 11 is 0. The zero-order valence-corrected chi connectivity index (χ0v) is 19.7. The molecule has 7 nitrogen and oxygen atoms in total. The number of hydrogen-bond acceptors (Lipinski definition) is 6. The van der Waals surface area contributed by atoms with Crippen molar-refractivity contribution >= 4 is 41.8 Å². The number of nitrogens with zero attached hydrogens (tertiary/aromatic N) is 2. The first-order valence-electron chi connectivity index (χ1n) is 10.7. The molecule has 1 unspecified atom stereocenters. The molecule has 3 heterocycles. The van der Waals surface area contributed by atoms with Crippen LogP contribution in [-0.4, -0.2) is 56.0 Å². The number of anilines is 1. The lowest BCUT2D eigenvalue weighted by molar-refractivity contribution is 0.0855. The van der Waals surface area contributed by atoms with Gasteiger partial charge in [0.2, 0.25) is 11.7 Å². The van der Waals surface area contributed by atoms with Crippen LogP contribution < -0.4 is 24.4 Å². The molecule has 5 rings (SSSR count). The predicted molar refractivity (Wildman–Crippen MR) is 131 cm³/mol. The number of nitrogens with one attached hydrogen (secondary N) is 2. The van der Waals surface area contributed by atoms with Gasteiger partial charge < -0.3 is 29.4 Å². The van der Waals surface area contributed by atoms with Crippen LogP contribution in [0, 0.1) is 5.92 Å². The van der Waals surface area contributed by atoms with E-state index in [1.807, 2.05) is 30.3 Å². The van der Waals surface area contributed by atoms with Crippen molar-refractivity contribution in [3.63, 3.8) is 0 Å². The van der Waals surface area contributed by atoms with Crippen LogP contribution in [0.2, 0.25) is 0 Å². The van der Waals surface area contributed by atoms with E-state index in [9.17, 15) is 0 Å². The molecule has 2 aliphatic rings. The Bertz CT molecular complexity index is 961. The quantitative estimate of drug-likeness (QED) is 0.554. The van der Waals surface area contributed by atoms with Crippen LogP contribution in [0.1, 0.15) is 12.8 Å². The minimum atomic E-state index is -0.00978. The van der Waals surface area contributed by atoms with Crippen LogP contribution in [0.5, 0.6) is 17.2 Å². The topological polar surface area (TPSA) is 71.6 Å². The normalized spacial score (nSPS) is 18.0. The highest BCUT2D eigenvalue weighted by molar-refractivity contribution is 5.85. The molecule has 0 amide bonds. The smallest absolute Gasteiger partial charge is 0.204 e. The molecule has 0 radical (unpaired) electrons. The highest BCUT2D eigenvalue weighted by Gasteiger charge is 2.25. The van der Waals surface area contributed by atoms with Crippen molar-refractivity contribution < 1.29 is 14.2 Å². The summed E-state index contributed by atoms with van der Waals surface area (Å²) in [5.74, 6) is 3.83. The molecule has 9 heteroatoms. The number of imidazole rings is 1. The van der Waals surface area contributed by atoms with Gasteiger partial charge in [-0.25, -0.2) is 4.98 Å². The summed E-state index contributed by atoms with van der Waals surface area (Å²) in [5, 5.41) is 3.58. The summed E-state index contributed by atoms with van der Waals surface area (Å²) in [4.78, 5) is 10.5. The average Bonchev–Trinajstić information content (AvgIpc) is 3.23. The van der Waals surface area contributed by atoms with Gasteiger partial charge in [0.1, 0.15) is 12.7 Å². The fraction of sp³-hybridized carbons (Fsp3) is 0.435. The first-order valence-corrected chi connectivity index (χ1v) is 10.7. The van der Waals surface area contributed by atoms with E-state index in [-0.39, 0.29) is 30.9 Å². The molecule has 0 saturated carbocycles. The molecule has 0 aliphatic carbocycles. The molecule has 3 aromatic rings. The minimum absolute atomic E-state index is 0. The number of halogens is 2. The first kappa shape index (κ1) is 24.3. The maximum atomic E-state index is 6.11. The van der Waals surface area contributed by atoms with E-state index in [4.69, 9.17) is 19.2 Å². The Morgan fingerprint density at radius 3 is 2.69 bits per heavy atom. The Morgan fingerprint density at radius 1 is 1.09 bits per heavy atom. The van der Waals surface area contributed by atoms with E-state index in [1.54, 1.807) is 7.11 Å². The Hall–Kier alpha value is -2.35. The fourth-order valence-corrected chi connectivity index (χ4v) is 4.26. The highest BCUT2D eigenvalue weighted by Crippen LogP contribution is 2.39. The van der Waals surface area contributed by atoms with Crippen LogP contribution >= 0.6 is 24.8 Å². The van der Waals surface area contributed by atoms with Gasteiger partial charge in [-0.3, -0.25) is 0 Å². The van der Waals surface area contributed by atoms with Gasteiger partial charge >= 0.3 is 0 Å². The van der Waals surface area contributed by atoms with Crippen molar-refractivity contribution in [3.05, 3.63) is 42.5 Å². The lowest BCUT2D eigenvalue weighted by atomic mass is 9.97. The molecule has 2 N–H and O–H groups in total. The number of para-hydroxylation sites is 3. The molecule has 1 atom stereocenters. The second-order valence-corrected chi connectivity index (χ2v) is 8.00. The molecular weight excluding hydrogens is 451 g/mol. The largest absolute Gasteiger partial charge is 0.493 e. The molecule has 174 valence electrons. The number of benzene rings is 2. The van der Waals surface area contributed by atoms with Crippen LogP contribution in [-0.2, 0) is 0 Å². The summed E-state index contributed by atoms with van der Waals surface area (Å²) < 4.78 is 17.3. The summed E-state index contributed by atoms with van der Waals surface area (Å²) in [6.07, 6.45) is 2.30. The molecule has 0 bridgehead atoms. The molecule has 1 fully saturated rings. The first-order chi connectivity index (χ1) is 14.8. The van der Waals surface area contributed by atoms with Gasteiger partial charge in [0.15, 0.2) is 11.5 Å². The van der Waals surface area contributed by atoms with E-state index < -0.39 is 0 Å². The Kier molecular flexibility index (Phi) is 8.34. The third-order valence-electron chi connectivity index (χ3n) is 5.97. The maximum Gasteiger partial charge on any atom is 0.204 e. The van der Waals surface area contributed by atoms with Gasteiger partial charge in [-0.1, -0.05) is 18.2 Å². The number of hydrogen-bond donors (Lipinski definition) is 2. The summed E-state index contributed by atoms with van der Waals surface area (Å²) in [7, 11) is 1.65. The van der Waals surface area contributed by atoms with E-state index in [1.165, 1.54) is 0 Å². The number of methoxy groups -OCH3 is 1. The van der Waals surface area contributed by atoms with E-state index in [2.05, 4.69) is 27.3 Å². The SMILES string of the molecule is COc1cccc2c1OC(CNCC1CCN(c3nc4ccccc4[nH]3)CC1)CO2.Cl.Cl. The van der Waals surface area contributed by atoms with Gasteiger partial charge in [-0.15, -0.1) is 24.8 Å². The Labute approximate surface area is 200 Å². The number of piperidine rings is 1. The average molecular weight is 481 g/mol. The number of fused-ring (bicyclic) bond motifs is 2. The lowest BCUT2D eigenvalue weighted by Crippen LogP contribution is -2.42. The third-order valence-corrected chi connectivity index (χ3v) is 5.97. The molecular formula is C23H30Cl2N4O3. The van der Waals surface area contributed by atoms with Crippen molar-refractivity contribution in [2.45, 2.75) is 18.9 Å². The van der Waals surface area contributed by atoms with Crippen molar-refractivity contribution in [1.29, 1.82) is 0 Å². The zero-order chi connectivity index (χ0) is 20.3. The third kappa shape index (κ3) is 5.17. The molecule has 1 saturated heterocycles. The number of H-pyrrole nitrogens is 1. The van der Waals surface area contributed by atoms with Crippen LogP contribution in [0.3, 0.4) is 0 Å². The number of aromatic amines is 1. The lowest BCUT2D eigenvalue weighted by Gasteiger charge is -2.32. The standard InChI is InChI=1S/C23H28N4O3.2ClH/c1-28-20-7-4-8-21-22(20)30-17(15-29-21)14-24-13-16-9-11-27(12-10-16)23-25-18-5-2-3-6-19(18)26-23;;/h2-8,16-17,24H,9-15H2,1H3,(H,25,26);2*1H. The van der Waals surface area contributed by atoms with Crippen LogP contribution in [0.25, 0.3) is 11.0 Å². The van der Waals surface area contributed by atoms with Crippen molar-refractivity contribution in [1.82, 2.24) is 15.3 Å². The molecule has 2 aliphatic heterocycles. The number of aromatic nitrogens is 2. The van der Waals surface area contributed by atoms with Crippen LogP contribution in [0.15, 0.2) is 42.5 Å². The van der Waals surface area contributed by atoms with E-state index in [0.29, 0.717) is 18.3 Å². The van der Waals surface area contributed by atoms with Gasteiger partial charge in [0, 0.05) is 19.6 Å². The Balaban J connectivity index is 0.00000144. The van der Waals surface area contributed by atoms with Gasteiger partial charge in [0.25, 0.3) is 0 Å². The number of rotatable bonds is 6. The van der Waals surface area contributed by atoms with E-state index >= 15 is 0 Å².